The molecule has 1 atom stereocenters. The number of hydrogen-bond donors (Lipinski definition) is 1. The molecule has 0 aromatic heterocycles. The summed E-state index contributed by atoms with van der Waals surface area (Å²) in [5.74, 6) is 0.551. The maximum absolute atomic E-state index is 12.5. The predicted octanol–water partition coefficient (Wildman–Crippen LogP) is 2.85. The second-order valence-corrected chi connectivity index (χ2v) is 6.84. The Bertz CT molecular complexity index is 589. The zero-order valence-corrected chi connectivity index (χ0v) is 15.5. The maximum atomic E-state index is 12.5. The molecule has 1 fully saturated rings. The smallest absolute Gasteiger partial charge is 0.263 e. The normalized spacial score (nSPS) is 16.8. The summed E-state index contributed by atoms with van der Waals surface area (Å²) in [5.41, 5.74) is 0. The number of likely N-dealkylation sites (tertiary alicyclic amines) is 1. The number of carbonyl (C=O) groups is 2. The largest absolute Gasteiger partial charge is 0.480 e. The molecule has 0 spiro atoms. The van der Waals surface area contributed by atoms with Crippen molar-refractivity contribution in [2.75, 3.05) is 20.1 Å². The summed E-state index contributed by atoms with van der Waals surface area (Å²) in [5, 5.41) is 3.26. The highest BCUT2D eigenvalue weighted by Crippen LogP contribution is 2.29. The van der Waals surface area contributed by atoms with Crippen LogP contribution in [0.25, 0.3) is 0 Å². The Kier molecular flexibility index (Phi) is 6.30. The molecular weight excluding hydrogens is 384 g/mol. The van der Waals surface area contributed by atoms with Gasteiger partial charge in [0.25, 0.3) is 5.91 Å². The lowest BCUT2D eigenvalue weighted by molar-refractivity contribution is -0.141. The van der Waals surface area contributed by atoms with Gasteiger partial charge in [0.15, 0.2) is 6.10 Å². The average molecular weight is 404 g/mol. The number of nitrogens with zero attached hydrogens (tertiary/aromatic N) is 1. The van der Waals surface area contributed by atoms with E-state index in [1.807, 2.05) is 0 Å². The Balaban J connectivity index is 1.92. The van der Waals surface area contributed by atoms with Crippen molar-refractivity contribution in [2.45, 2.75) is 25.9 Å². The maximum Gasteiger partial charge on any atom is 0.263 e. The summed E-state index contributed by atoms with van der Waals surface area (Å²) in [6, 6.07) is 5.17. The van der Waals surface area contributed by atoms with E-state index in [4.69, 9.17) is 16.3 Å². The number of piperidine rings is 1. The molecule has 1 unspecified atom stereocenters. The SMILES string of the molecule is CNC(=O)C1CCN(C(=O)C(C)Oc2ccc(Cl)cc2Br)CC1. The van der Waals surface area contributed by atoms with Crippen LogP contribution < -0.4 is 10.1 Å². The third-order valence-corrected chi connectivity index (χ3v) is 4.82. The monoisotopic (exact) mass is 402 g/mol. The van der Waals surface area contributed by atoms with E-state index in [9.17, 15) is 9.59 Å². The van der Waals surface area contributed by atoms with Crippen LogP contribution in [-0.2, 0) is 9.59 Å². The second kappa shape index (κ2) is 8.02. The molecule has 1 heterocycles. The van der Waals surface area contributed by atoms with Crippen LogP contribution in [0.2, 0.25) is 5.02 Å². The molecule has 0 radical (unpaired) electrons. The molecule has 2 rings (SSSR count). The molecule has 1 aliphatic heterocycles. The lowest BCUT2D eigenvalue weighted by atomic mass is 9.96. The van der Waals surface area contributed by atoms with E-state index >= 15 is 0 Å². The Labute approximate surface area is 149 Å². The third kappa shape index (κ3) is 4.61. The summed E-state index contributed by atoms with van der Waals surface area (Å²) in [4.78, 5) is 25.9. The fraction of sp³-hybridized carbons (Fsp3) is 0.500. The number of amides is 2. The molecule has 0 saturated carbocycles. The van der Waals surface area contributed by atoms with Crippen molar-refractivity contribution in [1.29, 1.82) is 0 Å². The Hall–Kier alpha value is -1.27. The summed E-state index contributed by atoms with van der Waals surface area (Å²) in [6.07, 6.45) is 0.773. The van der Waals surface area contributed by atoms with E-state index in [0.717, 1.165) is 0 Å². The Morgan fingerprint density at radius 3 is 2.61 bits per heavy atom. The molecular formula is C16H20BrClN2O3. The summed E-state index contributed by atoms with van der Waals surface area (Å²) in [7, 11) is 1.64. The van der Waals surface area contributed by atoms with Gasteiger partial charge in [0, 0.05) is 31.1 Å². The van der Waals surface area contributed by atoms with Crippen molar-refractivity contribution in [2.24, 2.45) is 5.92 Å². The zero-order valence-electron chi connectivity index (χ0n) is 13.1. The molecule has 1 saturated heterocycles. The first kappa shape index (κ1) is 18.1. The summed E-state index contributed by atoms with van der Waals surface area (Å²) in [6.45, 7) is 2.88. The highest BCUT2D eigenvalue weighted by Gasteiger charge is 2.29. The standard InChI is InChI=1S/C16H20BrClN2O3/c1-10(23-14-4-3-12(18)9-13(14)17)16(22)20-7-5-11(6-8-20)15(21)19-2/h3-4,9-11H,5-8H2,1-2H3,(H,19,21). The topological polar surface area (TPSA) is 58.6 Å². The molecule has 5 nitrogen and oxygen atoms in total. The number of hydrogen-bond acceptors (Lipinski definition) is 3. The van der Waals surface area contributed by atoms with Gasteiger partial charge in [-0.05, 0) is 53.9 Å². The lowest BCUT2D eigenvalue weighted by Crippen LogP contribution is -2.46. The van der Waals surface area contributed by atoms with E-state index in [-0.39, 0.29) is 17.7 Å². The van der Waals surface area contributed by atoms with Crippen LogP contribution in [-0.4, -0.2) is 43.0 Å². The van der Waals surface area contributed by atoms with E-state index in [2.05, 4.69) is 21.2 Å². The van der Waals surface area contributed by atoms with Gasteiger partial charge in [0.1, 0.15) is 5.75 Å². The van der Waals surface area contributed by atoms with Gasteiger partial charge in [-0.15, -0.1) is 0 Å². The van der Waals surface area contributed by atoms with Crippen molar-refractivity contribution in [1.82, 2.24) is 10.2 Å². The minimum atomic E-state index is -0.593. The third-order valence-electron chi connectivity index (χ3n) is 3.97. The highest BCUT2D eigenvalue weighted by atomic mass is 79.9. The van der Waals surface area contributed by atoms with Gasteiger partial charge >= 0.3 is 0 Å². The highest BCUT2D eigenvalue weighted by molar-refractivity contribution is 9.10. The number of ether oxygens (including phenoxy) is 1. The van der Waals surface area contributed by atoms with Crippen LogP contribution in [0.1, 0.15) is 19.8 Å². The number of nitrogens with one attached hydrogen (secondary N) is 1. The Morgan fingerprint density at radius 1 is 1.39 bits per heavy atom. The molecule has 1 aliphatic rings. The molecule has 7 heteroatoms. The van der Waals surface area contributed by atoms with Gasteiger partial charge in [-0.25, -0.2) is 0 Å². The molecule has 23 heavy (non-hydrogen) atoms. The summed E-state index contributed by atoms with van der Waals surface area (Å²) >= 11 is 9.27. The van der Waals surface area contributed by atoms with E-state index in [1.54, 1.807) is 37.1 Å². The van der Waals surface area contributed by atoms with Crippen LogP contribution in [0.3, 0.4) is 0 Å². The van der Waals surface area contributed by atoms with Gasteiger partial charge < -0.3 is 15.0 Å². The van der Waals surface area contributed by atoms with Crippen molar-refractivity contribution in [3.63, 3.8) is 0 Å². The number of carbonyl (C=O) groups excluding carboxylic acids is 2. The summed E-state index contributed by atoms with van der Waals surface area (Å²) < 4.78 is 6.45. The Morgan fingerprint density at radius 2 is 2.04 bits per heavy atom. The van der Waals surface area contributed by atoms with Gasteiger partial charge in [0.2, 0.25) is 5.91 Å². The fourth-order valence-corrected chi connectivity index (χ4v) is 3.41. The van der Waals surface area contributed by atoms with Gasteiger partial charge in [0.05, 0.1) is 4.47 Å². The van der Waals surface area contributed by atoms with Gasteiger partial charge in [-0.1, -0.05) is 11.6 Å². The molecule has 0 bridgehead atoms. The quantitative estimate of drug-likeness (QED) is 0.841. The number of benzene rings is 1. The van der Waals surface area contributed by atoms with Crippen LogP contribution >= 0.6 is 27.5 Å². The molecule has 2 amide bonds. The number of rotatable bonds is 4. The van der Waals surface area contributed by atoms with Crippen molar-refractivity contribution < 1.29 is 14.3 Å². The minimum Gasteiger partial charge on any atom is -0.480 e. The first-order valence-electron chi connectivity index (χ1n) is 7.54. The first-order chi connectivity index (χ1) is 10.9. The van der Waals surface area contributed by atoms with Crippen LogP contribution in [0, 0.1) is 5.92 Å². The zero-order chi connectivity index (χ0) is 17.0. The minimum absolute atomic E-state index is 0.00863. The fourth-order valence-electron chi connectivity index (χ4n) is 2.63. The molecule has 0 aliphatic carbocycles. The average Bonchev–Trinajstić information content (AvgIpc) is 2.56. The van der Waals surface area contributed by atoms with Crippen molar-refractivity contribution in [3.8, 4) is 5.75 Å². The first-order valence-corrected chi connectivity index (χ1v) is 8.71. The molecule has 1 aromatic carbocycles. The van der Waals surface area contributed by atoms with Gasteiger partial charge in [-0.2, -0.15) is 0 Å². The van der Waals surface area contributed by atoms with E-state index < -0.39 is 6.10 Å². The van der Waals surface area contributed by atoms with Gasteiger partial charge in [-0.3, -0.25) is 9.59 Å². The molecule has 1 N–H and O–H groups in total. The molecule has 1 aromatic rings. The van der Waals surface area contributed by atoms with Crippen LogP contribution in [0.4, 0.5) is 0 Å². The second-order valence-electron chi connectivity index (χ2n) is 5.55. The van der Waals surface area contributed by atoms with E-state index in [1.165, 1.54) is 0 Å². The molecule has 126 valence electrons. The lowest BCUT2D eigenvalue weighted by Gasteiger charge is -2.32. The predicted molar refractivity (Wildman–Crippen MR) is 92.6 cm³/mol. The van der Waals surface area contributed by atoms with Crippen molar-refractivity contribution in [3.05, 3.63) is 27.7 Å². The van der Waals surface area contributed by atoms with Crippen LogP contribution in [0.5, 0.6) is 5.75 Å². The number of halogens is 2. The van der Waals surface area contributed by atoms with Crippen molar-refractivity contribution >= 4 is 39.3 Å². The van der Waals surface area contributed by atoms with E-state index in [0.29, 0.717) is 41.2 Å². The van der Waals surface area contributed by atoms with Crippen LogP contribution in [0.15, 0.2) is 22.7 Å².